The summed E-state index contributed by atoms with van der Waals surface area (Å²) in [6.07, 6.45) is 1.25. The third kappa shape index (κ3) is 4.50. The molecule has 2 N–H and O–H groups in total. The number of nitrogens with one attached hydrogen (secondary N) is 1. The lowest BCUT2D eigenvalue weighted by Gasteiger charge is -2.34. The number of aryl methyl sites for hydroxylation is 1. The zero-order valence-electron chi connectivity index (χ0n) is 13.9. The minimum atomic E-state index is -0.474. The fraction of sp³-hybridized carbons (Fsp3) is 0.444. The molecule has 0 radical (unpaired) electrons. The maximum absolute atomic E-state index is 10.5. The van der Waals surface area contributed by atoms with Gasteiger partial charge in [-0.05, 0) is 30.2 Å². The Morgan fingerprint density at radius 2 is 2.21 bits per heavy atom. The number of ether oxygens (including phenoxy) is 1. The van der Waals surface area contributed by atoms with Crippen molar-refractivity contribution in [1.82, 2.24) is 15.1 Å². The van der Waals surface area contributed by atoms with Crippen LogP contribution in [-0.2, 0) is 4.74 Å². The zero-order chi connectivity index (χ0) is 16.8. The van der Waals surface area contributed by atoms with Crippen molar-refractivity contribution in [3.05, 3.63) is 53.7 Å². The van der Waals surface area contributed by atoms with Gasteiger partial charge in [-0.25, -0.2) is 0 Å². The summed E-state index contributed by atoms with van der Waals surface area (Å²) in [6.45, 7) is 5.63. The molecule has 24 heavy (non-hydrogen) atoms. The summed E-state index contributed by atoms with van der Waals surface area (Å²) in [7, 11) is 0. The van der Waals surface area contributed by atoms with Gasteiger partial charge in [0.1, 0.15) is 5.82 Å². The van der Waals surface area contributed by atoms with Crippen LogP contribution >= 0.6 is 0 Å². The topological polar surface area (TPSA) is 70.5 Å². The molecule has 1 aromatic carbocycles. The number of rotatable bonds is 6. The van der Waals surface area contributed by atoms with Crippen molar-refractivity contribution in [1.29, 1.82) is 0 Å². The van der Waals surface area contributed by atoms with E-state index in [-0.39, 0.29) is 6.10 Å². The maximum atomic E-state index is 10.5. The third-order valence-electron chi connectivity index (χ3n) is 4.28. The van der Waals surface area contributed by atoms with Crippen LogP contribution < -0.4 is 5.32 Å². The van der Waals surface area contributed by atoms with Gasteiger partial charge < -0.3 is 15.2 Å². The summed E-state index contributed by atoms with van der Waals surface area (Å²) in [4.78, 5) is 2.25. The van der Waals surface area contributed by atoms with Crippen LogP contribution in [0.3, 0.4) is 0 Å². The molecule has 0 bridgehead atoms. The number of aliphatic hydroxyl groups excluding tert-OH is 1. The molecule has 6 heteroatoms. The summed E-state index contributed by atoms with van der Waals surface area (Å²) < 4.78 is 5.81. The van der Waals surface area contributed by atoms with Crippen LogP contribution in [0.25, 0.3) is 0 Å². The van der Waals surface area contributed by atoms with Crippen molar-refractivity contribution in [2.75, 3.05) is 38.1 Å². The normalized spacial score (nSPS) is 19.8. The van der Waals surface area contributed by atoms with Gasteiger partial charge in [0.25, 0.3) is 0 Å². The highest BCUT2D eigenvalue weighted by Gasteiger charge is 2.23. The Morgan fingerprint density at radius 1 is 1.33 bits per heavy atom. The Balaban J connectivity index is 1.51. The van der Waals surface area contributed by atoms with Crippen molar-refractivity contribution in [3.63, 3.8) is 0 Å². The summed E-state index contributed by atoms with van der Waals surface area (Å²) in [5.74, 6) is 0.748. The number of aromatic nitrogens is 2. The smallest absolute Gasteiger partial charge is 0.148 e. The minimum absolute atomic E-state index is 0.0739. The second-order valence-corrected chi connectivity index (χ2v) is 6.11. The molecule has 128 valence electrons. The summed E-state index contributed by atoms with van der Waals surface area (Å²) >= 11 is 0. The molecular formula is C18H24N4O2. The molecule has 1 aromatic heterocycles. The molecule has 0 saturated carbocycles. The predicted octanol–water partition coefficient (Wildman–Crippen LogP) is 1.63. The van der Waals surface area contributed by atoms with Crippen molar-refractivity contribution in [2.24, 2.45) is 0 Å². The number of hydrogen-bond acceptors (Lipinski definition) is 6. The lowest BCUT2D eigenvalue weighted by Crippen LogP contribution is -2.46. The zero-order valence-corrected chi connectivity index (χ0v) is 13.9. The highest BCUT2D eigenvalue weighted by molar-refractivity contribution is 5.31. The van der Waals surface area contributed by atoms with Crippen LogP contribution in [0.15, 0.2) is 42.6 Å². The van der Waals surface area contributed by atoms with Crippen molar-refractivity contribution >= 4 is 5.82 Å². The number of benzene rings is 1. The number of morpholine rings is 1. The summed E-state index contributed by atoms with van der Waals surface area (Å²) in [5.41, 5.74) is 2.12. The summed E-state index contributed by atoms with van der Waals surface area (Å²) in [6, 6.07) is 11.7. The van der Waals surface area contributed by atoms with E-state index in [4.69, 9.17) is 4.74 Å². The molecule has 0 amide bonds. The number of aliphatic hydroxyl groups is 1. The Bertz CT molecular complexity index is 638. The monoisotopic (exact) mass is 328 g/mol. The van der Waals surface area contributed by atoms with E-state index in [9.17, 15) is 5.11 Å². The maximum Gasteiger partial charge on any atom is 0.148 e. The molecule has 2 aromatic rings. The third-order valence-corrected chi connectivity index (χ3v) is 4.28. The van der Waals surface area contributed by atoms with Crippen molar-refractivity contribution in [3.8, 4) is 0 Å². The standard InChI is InChI=1S/C18H24N4O2/c1-14-5-2-3-6-16(14)17(23)13-22-9-10-24-15(12-22)11-19-18-7-4-8-20-21-18/h2-8,15,17,23H,9-13H2,1H3,(H,19,21)/t15-,17+/m1/s1. The molecule has 0 aliphatic carbocycles. The van der Waals surface area contributed by atoms with E-state index in [1.165, 1.54) is 0 Å². The minimum Gasteiger partial charge on any atom is -0.387 e. The molecule has 0 unspecified atom stereocenters. The second kappa shape index (κ2) is 8.19. The average molecular weight is 328 g/mol. The molecule has 2 heterocycles. The van der Waals surface area contributed by atoms with Crippen molar-refractivity contribution in [2.45, 2.75) is 19.1 Å². The van der Waals surface area contributed by atoms with E-state index >= 15 is 0 Å². The highest BCUT2D eigenvalue weighted by atomic mass is 16.5. The lowest BCUT2D eigenvalue weighted by atomic mass is 10.0. The van der Waals surface area contributed by atoms with Crippen LogP contribution in [0.5, 0.6) is 0 Å². The SMILES string of the molecule is Cc1ccccc1[C@@H](O)CN1CCO[C@H](CNc2cccnn2)C1. The van der Waals surface area contributed by atoms with Crippen molar-refractivity contribution < 1.29 is 9.84 Å². The van der Waals surface area contributed by atoms with E-state index in [1.54, 1.807) is 6.20 Å². The van der Waals surface area contributed by atoms with Crippen LogP contribution in [0.2, 0.25) is 0 Å². The Kier molecular flexibility index (Phi) is 5.74. The average Bonchev–Trinajstić information content (AvgIpc) is 2.61. The number of nitrogens with zero attached hydrogens (tertiary/aromatic N) is 3. The van der Waals surface area contributed by atoms with Gasteiger partial charge in [0.2, 0.25) is 0 Å². The molecule has 1 aliphatic rings. The molecular weight excluding hydrogens is 304 g/mol. The van der Waals surface area contributed by atoms with Gasteiger partial charge in [0, 0.05) is 32.4 Å². The summed E-state index contributed by atoms with van der Waals surface area (Å²) in [5, 5.41) is 21.6. The van der Waals surface area contributed by atoms with E-state index in [2.05, 4.69) is 20.4 Å². The largest absolute Gasteiger partial charge is 0.387 e. The van der Waals surface area contributed by atoms with Gasteiger partial charge in [0.05, 0.1) is 18.8 Å². The van der Waals surface area contributed by atoms with Crippen LogP contribution in [0, 0.1) is 6.92 Å². The Morgan fingerprint density at radius 3 is 3.00 bits per heavy atom. The first-order chi connectivity index (χ1) is 11.7. The first-order valence-electron chi connectivity index (χ1n) is 8.31. The molecule has 1 fully saturated rings. The molecule has 2 atom stereocenters. The van der Waals surface area contributed by atoms with Gasteiger partial charge in [-0.1, -0.05) is 24.3 Å². The van der Waals surface area contributed by atoms with Gasteiger partial charge in [0.15, 0.2) is 0 Å². The quantitative estimate of drug-likeness (QED) is 0.840. The van der Waals surface area contributed by atoms with E-state index in [0.29, 0.717) is 19.7 Å². The number of anilines is 1. The van der Waals surface area contributed by atoms with Gasteiger partial charge in [-0.15, -0.1) is 5.10 Å². The second-order valence-electron chi connectivity index (χ2n) is 6.11. The highest BCUT2D eigenvalue weighted by Crippen LogP contribution is 2.19. The molecule has 3 rings (SSSR count). The molecule has 1 saturated heterocycles. The number of β-amino-alcohol motifs (C(OH)–C–C–N with tert-alkyl or cyclic N) is 1. The molecule has 1 aliphatic heterocycles. The first kappa shape index (κ1) is 16.8. The lowest BCUT2D eigenvalue weighted by molar-refractivity contribution is -0.0344. The van der Waals surface area contributed by atoms with Gasteiger partial charge >= 0.3 is 0 Å². The van der Waals surface area contributed by atoms with Crippen LogP contribution in [-0.4, -0.2) is 59.1 Å². The Hall–Kier alpha value is -2.02. The predicted molar refractivity (Wildman–Crippen MR) is 92.8 cm³/mol. The fourth-order valence-electron chi connectivity index (χ4n) is 2.99. The first-order valence-corrected chi connectivity index (χ1v) is 8.31. The molecule has 0 spiro atoms. The number of hydrogen-bond donors (Lipinski definition) is 2. The van der Waals surface area contributed by atoms with E-state index in [0.717, 1.165) is 30.0 Å². The fourth-order valence-corrected chi connectivity index (χ4v) is 2.99. The Labute approximate surface area is 142 Å². The van der Waals surface area contributed by atoms with E-state index < -0.39 is 6.10 Å². The van der Waals surface area contributed by atoms with E-state index in [1.807, 2.05) is 43.3 Å². The molecule has 6 nitrogen and oxygen atoms in total. The van der Waals surface area contributed by atoms with Gasteiger partial charge in [-0.3, -0.25) is 4.90 Å². The van der Waals surface area contributed by atoms with Crippen LogP contribution in [0.1, 0.15) is 17.2 Å². The van der Waals surface area contributed by atoms with Gasteiger partial charge in [-0.2, -0.15) is 5.10 Å². The van der Waals surface area contributed by atoms with Crippen LogP contribution in [0.4, 0.5) is 5.82 Å².